The van der Waals surface area contributed by atoms with Crippen molar-refractivity contribution >= 4 is 5.69 Å². The van der Waals surface area contributed by atoms with Crippen molar-refractivity contribution in [1.82, 2.24) is 10.2 Å². The Morgan fingerprint density at radius 3 is 2.77 bits per heavy atom. The van der Waals surface area contributed by atoms with Crippen molar-refractivity contribution in [2.45, 2.75) is 44.1 Å². The van der Waals surface area contributed by atoms with Gasteiger partial charge in [-0.2, -0.15) is 0 Å². The van der Waals surface area contributed by atoms with E-state index in [4.69, 9.17) is 0 Å². The van der Waals surface area contributed by atoms with E-state index in [1.165, 1.54) is 64.0 Å². The van der Waals surface area contributed by atoms with Crippen molar-refractivity contribution in [2.75, 3.05) is 38.0 Å². The molecule has 1 aromatic carbocycles. The van der Waals surface area contributed by atoms with E-state index in [2.05, 4.69) is 39.8 Å². The van der Waals surface area contributed by atoms with E-state index in [0.29, 0.717) is 0 Å². The second-order valence-electron chi connectivity index (χ2n) is 7.34. The molecule has 2 fully saturated rings. The van der Waals surface area contributed by atoms with E-state index < -0.39 is 0 Å². The van der Waals surface area contributed by atoms with Crippen molar-refractivity contribution in [3.8, 4) is 0 Å². The summed E-state index contributed by atoms with van der Waals surface area (Å²) in [6, 6.07) is 9.71. The molecule has 0 aliphatic carbocycles. The summed E-state index contributed by atoms with van der Waals surface area (Å²) in [5, 5.41) is 7.22. The van der Waals surface area contributed by atoms with E-state index >= 15 is 0 Å². The summed E-state index contributed by atoms with van der Waals surface area (Å²) in [6.07, 6.45) is 6.86. The zero-order valence-electron chi connectivity index (χ0n) is 13.6. The molecule has 3 aliphatic rings. The lowest BCUT2D eigenvalue weighted by Gasteiger charge is -2.35. The summed E-state index contributed by atoms with van der Waals surface area (Å²) in [5.41, 5.74) is 2.94. The molecule has 1 aromatic rings. The van der Waals surface area contributed by atoms with Crippen molar-refractivity contribution in [3.05, 3.63) is 29.8 Å². The molecular formula is C19H29N3. The summed E-state index contributed by atoms with van der Waals surface area (Å²) < 4.78 is 0. The van der Waals surface area contributed by atoms with Gasteiger partial charge in [0, 0.05) is 24.2 Å². The van der Waals surface area contributed by atoms with Gasteiger partial charge in [0.25, 0.3) is 0 Å². The van der Waals surface area contributed by atoms with Crippen LogP contribution in [0.5, 0.6) is 0 Å². The number of para-hydroxylation sites is 1. The smallest absolute Gasteiger partial charge is 0.0376 e. The van der Waals surface area contributed by atoms with Crippen LogP contribution in [0.25, 0.3) is 0 Å². The van der Waals surface area contributed by atoms with Crippen LogP contribution in [-0.2, 0) is 0 Å². The van der Waals surface area contributed by atoms with Gasteiger partial charge >= 0.3 is 0 Å². The Balaban J connectivity index is 1.27. The molecule has 0 spiro atoms. The quantitative estimate of drug-likeness (QED) is 0.895. The summed E-state index contributed by atoms with van der Waals surface area (Å²) >= 11 is 0. The van der Waals surface area contributed by atoms with Gasteiger partial charge in [-0.05, 0) is 75.8 Å². The molecule has 1 unspecified atom stereocenters. The Bertz CT molecular complexity index is 487. The van der Waals surface area contributed by atoms with Gasteiger partial charge in [0.15, 0.2) is 0 Å². The van der Waals surface area contributed by atoms with Gasteiger partial charge in [0.2, 0.25) is 0 Å². The molecule has 0 bridgehead atoms. The minimum absolute atomic E-state index is 0.745. The molecule has 120 valence electrons. The Labute approximate surface area is 134 Å². The van der Waals surface area contributed by atoms with Crippen LogP contribution in [-0.4, -0.2) is 43.7 Å². The van der Waals surface area contributed by atoms with E-state index in [0.717, 1.165) is 24.4 Å². The maximum Gasteiger partial charge on any atom is 0.0376 e. The first-order valence-corrected chi connectivity index (χ1v) is 9.19. The molecule has 2 N–H and O–H groups in total. The predicted molar refractivity (Wildman–Crippen MR) is 92.5 cm³/mol. The second-order valence-corrected chi connectivity index (χ2v) is 7.34. The molecule has 3 heteroatoms. The number of fused-ring (bicyclic) bond motifs is 1. The fourth-order valence-electron chi connectivity index (χ4n) is 4.65. The Hall–Kier alpha value is -1.06. The van der Waals surface area contributed by atoms with Crippen molar-refractivity contribution < 1.29 is 0 Å². The van der Waals surface area contributed by atoms with Gasteiger partial charge in [-0.3, -0.25) is 0 Å². The van der Waals surface area contributed by atoms with Crippen molar-refractivity contribution in [1.29, 1.82) is 0 Å². The number of hydrogen-bond donors (Lipinski definition) is 2. The highest BCUT2D eigenvalue weighted by Gasteiger charge is 2.32. The van der Waals surface area contributed by atoms with Crippen LogP contribution >= 0.6 is 0 Å². The number of benzene rings is 1. The first-order chi connectivity index (χ1) is 10.9. The van der Waals surface area contributed by atoms with Gasteiger partial charge < -0.3 is 15.5 Å². The molecule has 0 amide bonds. The minimum Gasteiger partial charge on any atom is -0.384 e. The maximum absolute atomic E-state index is 3.63. The van der Waals surface area contributed by atoms with Crippen LogP contribution < -0.4 is 10.6 Å². The monoisotopic (exact) mass is 299 g/mol. The predicted octanol–water partition coefficient (Wildman–Crippen LogP) is 3.05. The number of nitrogens with zero attached hydrogens (tertiary/aromatic N) is 1. The number of nitrogens with one attached hydrogen (secondary N) is 2. The molecule has 0 saturated carbocycles. The SMILES string of the molecule is c1ccc2c(c1)NCC2C1CCN(CC[C@@H]2CCCN2)CC1. The van der Waals surface area contributed by atoms with Crippen LogP contribution in [0.15, 0.2) is 24.3 Å². The van der Waals surface area contributed by atoms with E-state index in [1.807, 2.05) is 0 Å². The Morgan fingerprint density at radius 1 is 1.09 bits per heavy atom. The Kier molecular flexibility index (Phi) is 4.35. The van der Waals surface area contributed by atoms with Crippen LogP contribution in [0.3, 0.4) is 0 Å². The second kappa shape index (κ2) is 6.59. The molecule has 3 aliphatic heterocycles. The lowest BCUT2D eigenvalue weighted by atomic mass is 9.81. The highest BCUT2D eigenvalue weighted by atomic mass is 15.1. The summed E-state index contributed by atoms with van der Waals surface area (Å²) in [5.74, 6) is 1.62. The Morgan fingerprint density at radius 2 is 1.95 bits per heavy atom. The summed E-state index contributed by atoms with van der Waals surface area (Å²) in [4.78, 5) is 2.70. The maximum atomic E-state index is 3.63. The van der Waals surface area contributed by atoms with Crippen molar-refractivity contribution in [3.63, 3.8) is 0 Å². The highest BCUT2D eigenvalue weighted by molar-refractivity contribution is 5.57. The van der Waals surface area contributed by atoms with Gasteiger partial charge in [-0.25, -0.2) is 0 Å². The lowest BCUT2D eigenvalue weighted by molar-refractivity contribution is 0.166. The van der Waals surface area contributed by atoms with Gasteiger partial charge in [0.05, 0.1) is 0 Å². The standard InChI is InChI=1S/C19H29N3/c1-2-6-19-17(5-1)18(14-21-19)15-7-11-22(12-8-15)13-9-16-4-3-10-20-16/h1-2,5-6,15-16,18,20-21H,3-4,7-14H2/t16-,18?/m0/s1. The number of piperidine rings is 1. The van der Waals surface area contributed by atoms with Crippen LogP contribution in [0.1, 0.15) is 43.6 Å². The third-order valence-corrected chi connectivity index (χ3v) is 6.03. The largest absolute Gasteiger partial charge is 0.384 e. The summed E-state index contributed by atoms with van der Waals surface area (Å²) in [6.45, 7) is 6.28. The first kappa shape index (κ1) is 14.5. The third kappa shape index (κ3) is 3.02. The van der Waals surface area contributed by atoms with Gasteiger partial charge in [-0.1, -0.05) is 18.2 Å². The molecule has 0 radical (unpaired) electrons. The molecular weight excluding hydrogens is 270 g/mol. The van der Waals surface area contributed by atoms with E-state index in [-0.39, 0.29) is 0 Å². The zero-order valence-corrected chi connectivity index (χ0v) is 13.6. The number of hydrogen-bond acceptors (Lipinski definition) is 3. The average molecular weight is 299 g/mol. The third-order valence-electron chi connectivity index (χ3n) is 6.03. The molecule has 4 rings (SSSR count). The molecule has 3 nitrogen and oxygen atoms in total. The lowest BCUT2D eigenvalue weighted by Crippen LogP contribution is -2.38. The van der Waals surface area contributed by atoms with Crippen LogP contribution in [0.4, 0.5) is 5.69 Å². The number of likely N-dealkylation sites (tertiary alicyclic amines) is 1. The zero-order chi connectivity index (χ0) is 14.8. The van der Waals surface area contributed by atoms with E-state index in [1.54, 1.807) is 5.56 Å². The number of rotatable bonds is 4. The molecule has 2 saturated heterocycles. The fraction of sp³-hybridized carbons (Fsp3) is 0.684. The summed E-state index contributed by atoms with van der Waals surface area (Å²) in [7, 11) is 0. The molecule has 3 heterocycles. The molecule has 22 heavy (non-hydrogen) atoms. The van der Waals surface area contributed by atoms with Gasteiger partial charge in [0.1, 0.15) is 0 Å². The minimum atomic E-state index is 0.745. The van der Waals surface area contributed by atoms with Crippen molar-refractivity contribution in [2.24, 2.45) is 5.92 Å². The fourth-order valence-corrected chi connectivity index (χ4v) is 4.65. The topological polar surface area (TPSA) is 27.3 Å². The highest BCUT2D eigenvalue weighted by Crippen LogP contribution is 2.40. The van der Waals surface area contributed by atoms with Gasteiger partial charge in [-0.15, -0.1) is 0 Å². The van der Waals surface area contributed by atoms with Crippen LogP contribution in [0, 0.1) is 5.92 Å². The van der Waals surface area contributed by atoms with Crippen LogP contribution in [0.2, 0.25) is 0 Å². The normalized spacial score (nSPS) is 29.5. The first-order valence-electron chi connectivity index (χ1n) is 9.19. The average Bonchev–Trinajstić information content (AvgIpc) is 3.23. The number of anilines is 1. The molecule has 2 atom stereocenters. The molecule has 0 aromatic heterocycles. The van der Waals surface area contributed by atoms with E-state index in [9.17, 15) is 0 Å².